The Morgan fingerprint density at radius 1 is 1.19 bits per heavy atom. The van der Waals surface area contributed by atoms with Crippen molar-refractivity contribution in [3.05, 3.63) is 35.2 Å². The molecule has 6 heteroatoms. The van der Waals surface area contributed by atoms with E-state index in [0.29, 0.717) is 0 Å². The first-order valence-electron chi connectivity index (χ1n) is 6.95. The fourth-order valence-corrected chi connectivity index (χ4v) is 2.85. The van der Waals surface area contributed by atoms with Crippen molar-refractivity contribution >= 4 is 23.1 Å². The van der Waals surface area contributed by atoms with Crippen LogP contribution in [-0.2, 0) is 0 Å². The predicted octanol–water partition coefficient (Wildman–Crippen LogP) is 2.59. The number of anilines is 1. The van der Waals surface area contributed by atoms with E-state index in [2.05, 4.69) is 22.2 Å². The van der Waals surface area contributed by atoms with Crippen molar-refractivity contribution < 1.29 is 4.79 Å². The lowest BCUT2D eigenvalue weighted by Gasteiger charge is -2.32. The van der Waals surface area contributed by atoms with Crippen molar-refractivity contribution in [2.24, 2.45) is 0 Å². The van der Waals surface area contributed by atoms with Crippen LogP contribution in [0.4, 0.5) is 10.5 Å². The summed E-state index contributed by atoms with van der Waals surface area (Å²) < 4.78 is 0. The Balaban J connectivity index is 1.61. The molecule has 1 aromatic heterocycles. The van der Waals surface area contributed by atoms with Crippen LogP contribution < -0.4 is 5.32 Å². The standard InChI is InChI=1S/C15H18N4OS/c1-18-6-8-19(9-7-18)15(20)17-13-4-2-12(3-5-13)14-10-21-11-16-14/h2-5,10-11H,6-9H2,1H3,(H,17,20). The monoisotopic (exact) mass is 302 g/mol. The molecule has 2 heterocycles. The predicted molar refractivity (Wildman–Crippen MR) is 85.6 cm³/mol. The number of amides is 2. The summed E-state index contributed by atoms with van der Waals surface area (Å²) in [6.07, 6.45) is 0. The zero-order chi connectivity index (χ0) is 14.7. The molecule has 110 valence electrons. The molecule has 0 saturated carbocycles. The number of benzene rings is 1. The second-order valence-corrected chi connectivity index (χ2v) is 5.89. The van der Waals surface area contributed by atoms with E-state index in [1.165, 1.54) is 0 Å². The first-order valence-corrected chi connectivity index (χ1v) is 7.90. The Morgan fingerprint density at radius 3 is 2.52 bits per heavy atom. The lowest BCUT2D eigenvalue weighted by atomic mass is 10.1. The van der Waals surface area contributed by atoms with Crippen LogP contribution in [0.1, 0.15) is 0 Å². The zero-order valence-electron chi connectivity index (χ0n) is 12.0. The molecular formula is C15H18N4OS. The van der Waals surface area contributed by atoms with Gasteiger partial charge in [-0.2, -0.15) is 0 Å². The minimum absolute atomic E-state index is 0.0236. The van der Waals surface area contributed by atoms with Crippen LogP contribution in [0.2, 0.25) is 0 Å². The van der Waals surface area contributed by atoms with Gasteiger partial charge in [0, 0.05) is 42.8 Å². The maximum Gasteiger partial charge on any atom is 0.321 e. The number of aromatic nitrogens is 1. The largest absolute Gasteiger partial charge is 0.322 e. The van der Waals surface area contributed by atoms with Crippen LogP contribution in [0, 0.1) is 0 Å². The van der Waals surface area contributed by atoms with Crippen LogP contribution >= 0.6 is 11.3 Å². The van der Waals surface area contributed by atoms with Crippen LogP contribution in [0.3, 0.4) is 0 Å². The Morgan fingerprint density at radius 2 is 1.90 bits per heavy atom. The van der Waals surface area contributed by atoms with E-state index < -0.39 is 0 Å². The fraction of sp³-hybridized carbons (Fsp3) is 0.333. The number of carbonyl (C=O) groups is 1. The minimum Gasteiger partial charge on any atom is -0.322 e. The number of thiazole rings is 1. The number of nitrogens with one attached hydrogen (secondary N) is 1. The van der Waals surface area contributed by atoms with E-state index in [1.807, 2.05) is 40.1 Å². The molecule has 0 aliphatic carbocycles. The topological polar surface area (TPSA) is 48.5 Å². The number of hydrogen-bond acceptors (Lipinski definition) is 4. The first-order chi connectivity index (χ1) is 10.2. The normalized spacial score (nSPS) is 16.0. The summed E-state index contributed by atoms with van der Waals surface area (Å²) in [4.78, 5) is 20.5. The summed E-state index contributed by atoms with van der Waals surface area (Å²) in [6, 6.07) is 7.78. The van der Waals surface area contributed by atoms with Crippen LogP contribution in [0.15, 0.2) is 35.2 Å². The van der Waals surface area contributed by atoms with Crippen molar-refractivity contribution in [2.45, 2.75) is 0 Å². The van der Waals surface area contributed by atoms with Gasteiger partial charge in [-0.25, -0.2) is 9.78 Å². The molecule has 0 atom stereocenters. The van der Waals surface area contributed by atoms with Gasteiger partial charge in [-0.3, -0.25) is 0 Å². The molecule has 1 aliphatic rings. The summed E-state index contributed by atoms with van der Waals surface area (Å²) >= 11 is 1.58. The highest BCUT2D eigenvalue weighted by Gasteiger charge is 2.18. The van der Waals surface area contributed by atoms with Gasteiger partial charge < -0.3 is 15.1 Å². The highest BCUT2D eigenvalue weighted by atomic mass is 32.1. The van der Waals surface area contributed by atoms with Crippen molar-refractivity contribution in [3.8, 4) is 11.3 Å². The van der Waals surface area contributed by atoms with E-state index in [0.717, 1.165) is 43.1 Å². The second kappa shape index (κ2) is 6.24. The molecule has 1 aliphatic heterocycles. The number of likely N-dealkylation sites (N-methyl/N-ethyl adjacent to an activating group) is 1. The number of urea groups is 1. The number of rotatable bonds is 2. The first kappa shape index (κ1) is 14.0. The lowest BCUT2D eigenvalue weighted by Crippen LogP contribution is -2.48. The van der Waals surface area contributed by atoms with Crippen molar-refractivity contribution in [3.63, 3.8) is 0 Å². The number of nitrogens with zero attached hydrogens (tertiary/aromatic N) is 3. The minimum atomic E-state index is -0.0236. The Kier molecular flexibility index (Phi) is 4.17. The number of carbonyl (C=O) groups excluding carboxylic acids is 1. The van der Waals surface area contributed by atoms with Gasteiger partial charge >= 0.3 is 6.03 Å². The molecule has 5 nitrogen and oxygen atoms in total. The summed E-state index contributed by atoms with van der Waals surface area (Å²) in [6.45, 7) is 3.41. The summed E-state index contributed by atoms with van der Waals surface area (Å²) in [5.74, 6) is 0. The smallest absolute Gasteiger partial charge is 0.321 e. The molecule has 1 N–H and O–H groups in total. The molecule has 0 radical (unpaired) electrons. The average Bonchev–Trinajstić information content (AvgIpc) is 3.03. The molecule has 0 bridgehead atoms. The number of hydrogen-bond donors (Lipinski definition) is 1. The average molecular weight is 302 g/mol. The van der Waals surface area contributed by atoms with Gasteiger partial charge in [0.2, 0.25) is 0 Å². The van der Waals surface area contributed by atoms with E-state index in [4.69, 9.17) is 0 Å². The highest BCUT2D eigenvalue weighted by molar-refractivity contribution is 7.07. The van der Waals surface area contributed by atoms with Gasteiger partial charge in [0.1, 0.15) is 0 Å². The molecule has 21 heavy (non-hydrogen) atoms. The van der Waals surface area contributed by atoms with Crippen molar-refractivity contribution in [2.75, 3.05) is 38.5 Å². The van der Waals surface area contributed by atoms with Crippen molar-refractivity contribution in [1.29, 1.82) is 0 Å². The Hall–Kier alpha value is -1.92. The molecule has 2 aromatic rings. The Bertz CT molecular complexity index is 589. The van der Waals surface area contributed by atoms with Gasteiger partial charge in [0.15, 0.2) is 0 Å². The van der Waals surface area contributed by atoms with E-state index in [-0.39, 0.29) is 6.03 Å². The van der Waals surface area contributed by atoms with Crippen LogP contribution in [-0.4, -0.2) is 54.0 Å². The van der Waals surface area contributed by atoms with E-state index in [9.17, 15) is 4.79 Å². The maximum absolute atomic E-state index is 12.2. The maximum atomic E-state index is 12.2. The van der Waals surface area contributed by atoms with Crippen molar-refractivity contribution in [1.82, 2.24) is 14.8 Å². The molecule has 0 unspecified atom stereocenters. The van der Waals surface area contributed by atoms with Gasteiger partial charge in [-0.05, 0) is 19.2 Å². The molecule has 0 spiro atoms. The third-order valence-corrected chi connectivity index (χ3v) is 4.24. The van der Waals surface area contributed by atoms with E-state index >= 15 is 0 Å². The van der Waals surface area contributed by atoms with E-state index in [1.54, 1.807) is 11.3 Å². The third kappa shape index (κ3) is 3.40. The molecule has 1 saturated heterocycles. The molecule has 2 amide bonds. The van der Waals surface area contributed by atoms with Crippen LogP contribution in [0.5, 0.6) is 0 Å². The summed E-state index contributed by atoms with van der Waals surface area (Å²) in [5.41, 5.74) is 4.67. The Labute approximate surface area is 128 Å². The molecular weight excluding hydrogens is 284 g/mol. The quantitative estimate of drug-likeness (QED) is 0.927. The molecule has 1 aromatic carbocycles. The second-order valence-electron chi connectivity index (χ2n) is 5.17. The fourth-order valence-electron chi connectivity index (χ4n) is 2.29. The summed E-state index contributed by atoms with van der Waals surface area (Å²) in [7, 11) is 2.08. The summed E-state index contributed by atoms with van der Waals surface area (Å²) in [5, 5.41) is 4.96. The SMILES string of the molecule is CN1CCN(C(=O)Nc2ccc(-c3cscn3)cc2)CC1. The van der Waals surface area contributed by atoms with Gasteiger partial charge in [-0.15, -0.1) is 11.3 Å². The lowest BCUT2D eigenvalue weighted by molar-refractivity contribution is 0.164. The third-order valence-electron chi connectivity index (χ3n) is 3.65. The van der Waals surface area contributed by atoms with Gasteiger partial charge in [-0.1, -0.05) is 12.1 Å². The van der Waals surface area contributed by atoms with Crippen LogP contribution in [0.25, 0.3) is 11.3 Å². The van der Waals surface area contributed by atoms with Gasteiger partial charge in [0.25, 0.3) is 0 Å². The zero-order valence-corrected chi connectivity index (χ0v) is 12.8. The molecule has 3 rings (SSSR count). The highest BCUT2D eigenvalue weighted by Crippen LogP contribution is 2.21. The number of piperazine rings is 1. The van der Waals surface area contributed by atoms with Gasteiger partial charge in [0.05, 0.1) is 11.2 Å². The molecule has 1 fully saturated rings.